The van der Waals surface area contributed by atoms with E-state index in [4.69, 9.17) is 16.3 Å². The van der Waals surface area contributed by atoms with Crippen LogP contribution in [0.2, 0.25) is 5.02 Å². The number of rotatable bonds is 5. The van der Waals surface area contributed by atoms with Gasteiger partial charge in [-0.1, -0.05) is 11.6 Å². The summed E-state index contributed by atoms with van der Waals surface area (Å²) in [5.74, 6) is 0.266. The van der Waals surface area contributed by atoms with Crippen LogP contribution < -0.4 is 0 Å². The van der Waals surface area contributed by atoms with Crippen molar-refractivity contribution in [2.24, 2.45) is 0 Å². The second-order valence-corrected chi connectivity index (χ2v) is 8.66. The summed E-state index contributed by atoms with van der Waals surface area (Å²) >= 11 is 7.44. The van der Waals surface area contributed by atoms with Crippen LogP contribution in [0, 0.1) is 0 Å². The lowest BCUT2D eigenvalue weighted by molar-refractivity contribution is -0.140. The van der Waals surface area contributed by atoms with Gasteiger partial charge in [0.25, 0.3) is 0 Å². The Labute approximate surface area is 169 Å². The highest BCUT2D eigenvalue weighted by atomic mass is 35.5. The maximum Gasteiger partial charge on any atom is 0.236 e. The molecule has 1 aromatic carbocycles. The minimum atomic E-state index is -0.165. The van der Waals surface area contributed by atoms with Crippen molar-refractivity contribution >= 4 is 35.2 Å². The van der Waals surface area contributed by atoms with Crippen LogP contribution in [0.25, 0.3) is 0 Å². The Bertz CT molecular complexity index is 644. The van der Waals surface area contributed by atoms with Crippen LogP contribution in [-0.4, -0.2) is 90.8 Å². The Morgan fingerprint density at radius 1 is 1.04 bits per heavy atom. The molecule has 2 amide bonds. The Balaban J connectivity index is 1.44. The zero-order valence-corrected chi connectivity index (χ0v) is 17.2. The smallest absolute Gasteiger partial charge is 0.236 e. The lowest BCUT2D eigenvalue weighted by Gasteiger charge is -2.37. The molecule has 1 aromatic rings. The van der Waals surface area contributed by atoms with Gasteiger partial charge in [-0.15, -0.1) is 11.8 Å². The molecule has 27 heavy (non-hydrogen) atoms. The highest BCUT2D eigenvalue weighted by molar-refractivity contribution is 8.00. The van der Waals surface area contributed by atoms with Gasteiger partial charge in [0.2, 0.25) is 11.8 Å². The van der Waals surface area contributed by atoms with E-state index in [1.54, 1.807) is 0 Å². The molecule has 3 rings (SSSR count). The number of benzene rings is 1. The number of ether oxygens (including phenoxy) is 1. The third-order valence-electron chi connectivity index (χ3n) is 4.88. The first kappa shape index (κ1) is 20.5. The van der Waals surface area contributed by atoms with Crippen molar-refractivity contribution in [2.45, 2.75) is 17.1 Å². The number of halogens is 1. The number of hydrogen-bond acceptors (Lipinski definition) is 5. The summed E-state index contributed by atoms with van der Waals surface area (Å²) in [6.07, 6.45) is 0. The van der Waals surface area contributed by atoms with Crippen molar-refractivity contribution in [1.82, 2.24) is 14.7 Å². The van der Waals surface area contributed by atoms with E-state index in [0.717, 1.165) is 18.0 Å². The normalized spacial score (nSPS) is 19.8. The summed E-state index contributed by atoms with van der Waals surface area (Å²) < 4.78 is 5.32. The van der Waals surface area contributed by atoms with E-state index in [-0.39, 0.29) is 17.1 Å². The van der Waals surface area contributed by atoms with Gasteiger partial charge in [-0.3, -0.25) is 14.5 Å². The summed E-state index contributed by atoms with van der Waals surface area (Å²) in [7, 11) is 0. The number of carbonyl (C=O) groups is 2. The van der Waals surface area contributed by atoms with Gasteiger partial charge < -0.3 is 14.5 Å². The molecule has 2 fully saturated rings. The summed E-state index contributed by atoms with van der Waals surface area (Å²) in [4.78, 5) is 32.1. The third-order valence-corrected chi connectivity index (χ3v) is 6.23. The van der Waals surface area contributed by atoms with Crippen molar-refractivity contribution < 1.29 is 14.3 Å². The zero-order valence-electron chi connectivity index (χ0n) is 15.6. The topological polar surface area (TPSA) is 53.1 Å². The molecule has 0 saturated carbocycles. The predicted molar refractivity (Wildman–Crippen MR) is 107 cm³/mol. The number of carbonyl (C=O) groups excluding carboxylic acids is 2. The molecule has 2 aliphatic rings. The van der Waals surface area contributed by atoms with Crippen molar-refractivity contribution in [2.75, 3.05) is 59.0 Å². The first-order valence-electron chi connectivity index (χ1n) is 9.32. The number of morpholine rings is 1. The van der Waals surface area contributed by atoms with Crippen LogP contribution in [0.5, 0.6) is 0 Å². The van der Waals surface area contributed by atoms with E-state index in [2.05, 4.69) is 4.90 Å². The number of nitrogens with zero attached hydrogens (tertiary/aromatic N) is 3. The average Bonchev–Trinajstić information content (AvgIpc) is 2.70. The molecule has 1 atom stereocenters. The Morgan fingerprint density at radius 3 is 2.26 bits per heavy atom. The van der Waals surface area contributed by atoms with E-state index < -0.39 is 0 Å². The van der Waals surface area contributed by atoms with Crippen LogP contribution in [0.1, 0.15) is 6.92 Å². The first-order valence-corrected chi connectivity index (χ1v) is 10.6. The van der Waals surface area contributed by atoms with E-state index in [9.17, 15) is 9.59 Å². The number of hydrogen-bond donors (Lipinski definition) is 0. The Kier molecular flexibility index (Phi) is 7.41. The lowest BCUT2D eigenvalue weighted by Crippen LogP contribution is -2.54. The van der Waals surface area contributed by atoms with E-state index in [1.165, 1.54) is 11.8 Å². The summed E-state index contributed by atoms with van der Waals surface area (Å²) in [5, 5.41) is 0.526. The van der Waals surface area contributed by atoms with Crippen LogP contribution >= 0.6 is 23.4 Å². The van der Waals surface area contributed by atoms with Crippen molar-refractivity contribution in [3.8, 4) is 0 Å². The van der Waals surface area contributed by atoms with Gasteiger partial charge in [0, 0.05) is 49.2 Å². The molecule has 0 aromatic heterocycles. The molecule has 2 saturated heterocycles. The fourth-order valence-electron chi connectivity index (χ4n) is 3.25. The maximum absolute atomic E-state index is 12.7. The highest BCUT2D eigenvalue weighted by Crippen LogP contribution is 2.26. The fourth-order valence-corrected chi connectivity index (χ4v) is 4.33. The molecule has 0 spiro atoms. The zero-order chi connectivity index (χ0) is 19.2. The quantitative estimate of drug-likeness (QED) is 0.692. The molecule has 148 valence electrons. The standard InChI is InChI=1S/C19H26ClN3O3S/c1-15(27-17-4-2-16(20)3-5-17)19(25)23-8-6-22(7-9-23)18(24)14-21-10-12-26-13-11-21/h2-5,15H,6-14H2,1H3. The molecule has 0 N–H and O–H groups in total. The monoisotopic (exact) mass is 411 g/mol. The molecule has 1 unspecified atom stereocenters. The summed E-state index contributed by atoms with van der Waals surface area (Å²) in [6, 6.07) is 7.53. The van der Waals surface area contributed by atoms with Gasteiger partial charge in [0.15, 0.2) is 0 Å². The van der Waals surface area contributed by atoms with E-state index in [1.807, 2.05) is 41.0 Å². The molecule has 6 nitrogen and oxygen atoms in total. The Hall–Kier alpha value is -1.28. The van der Waals surface area contributed by atoms with Gasteiger partial charge in [0.1, 0.15) is 0 Å². The average molecular weight is 412 g/mol. The molecule has 2 aliphatic heterocycles. The third kappa shape index (κ3) is 5.85. The van der Waals surface area contributed by atoms with Crippen molar-refractivity contribution in [1.29, 1.82) is 0 Å². The largest absolute Gasteiger partial charge is 0.379 e. The Morgan fingerprint density at radius 2 is 1.63 bits per heavy atom. The van der Waals surface area contributed by atoms with Crippen LogP contribution in [0.4, 0.5) is 0 Å². The molecular weight excluding hydrogens is 386 g/mol. The van der Waals surface area contributed by atoms with Gasteiger partial charge in [0.05, 0.1) is 25.0 Å². The van der Waals surface area contributed by atoms with E-state index >= 15 is 0 Å². The minimum Gasteiger partial charge on any atom is -0.379 e. The molecule has 0 radical (unpaired) electrons. The molecule has 0 aliphatic carbocycles. The van der Waals surface area contributed by atoms with Crippen LogP contribution in [0.3, 0.4) is 0 Å². The highest BCUT2D eigenvalue weighted by Gasteiger charge is 2.28. The van der Waals surface area contributed by atoms with Gasteiger partial charge >= 0.3 is 0 Å². The fraction of sp³-hybridized carbons (Fsp3) is 0.579. The van der Waals surface area contributed by atoms with Crippen molar-refractivity contribution in [3.63, 3.8) is 0 Å². The van der Waals surface area contributed by atoms with Gasteiger partial charge in [-0.25, -0.2) is 0 Å². The van der Waals surface area contributed by atoms with Crippen LogP contribution in [0.15, 0.2) is 29.2 Å². The second kappa shape index (κ2) is 9.78. The summed E-state index contributed by atoms with van der Waals surface area (Å²) in [5.41, 5.74) is 0. The van der Waals surface area contributed by atoms with E-state index in [0.29, 0.717) is 51.0 Å². The summed E-state index contributed by atoms with van der Waals surface area (Å²) in [6.45, 7) is 7.78. The van der Waals surface area contributed by atoms with Gasteiger partial charge in [-0.05, 0) is 31.2 Å². The minimum absolute atomic E-state index is 0.121. The first-order chi connectivity index (χ1) is 13.0. The van der Waals surface area contributed by atoms with Crippen LogP contribution in [-0.2, 0) is 14.3 Å². The maximum atomic E-state index is 12.7. The SMILES string of the molecule is CC(Sc1ccc(Cl)cc1)C(=O)N1CCN(C(=O)CN2CCOCC2)CC1. The molecular formula is C19H26ClN3O3S. The predicted octanol–water partition coefficient (Wildman–Crippen LogP) is 1.82. The van der Waals surface area contributed by atoms with Gasteiger partial charge in [-0.2, -0.15) is 0 Å². The molecule has 8 heteroatoms. The lowest BCUT2D eigenvalue weighted by atomic mass is 10.2. The molecule has 2 heterocycles. The molecule has 0 bridgehead atoms. The van der Waals surface area contributed by atoms with Crippen molar-refractivity contribution in [3.05, 3.63) is 29.3 Å². The number of piperazine rings is 1. The number of thioether (sulfide) groups is 1. The number of amides is 2. The second-order valence-electron chi connectivity index (χ2n) is 6.81.